The molecule has 2 aromatic rings. The van der Waals surface area contributed by atoms with Crippen molar-refractivity contribution in [3.63, 3.8) is 0 Å². The van der Waals surface area contributed by atoms with Gasteiger partial charge in [-0.25, -0.2) is 0 Å². The molecule has 0 saturated heterocycles. The maximum atomic E-state index is 5.48. The van der Waals surface area contributed by atoms with Crippen LogP contribution in [0, 0.1) is 0 Å². The van der Waals surface area contributed by atoms with E-state index in [4.69, 9.17) is 4.74 Å². The van der Waals surface area contributed by atoms with E-state index in [1.54, 1.807) is 0 Å². The van der Waals surface area contributed by atoms with Gasteiger partial charge in [-0.15, -0.1) is 0 Å². The Morgan fingerprint density at radius 2 is 1.75 bits per heavy atom. The summed E-state index contributed by atoms with van der Waals surface area (Å²) in [6.45, 7) is 8.01. The molecule has 0 radical (unpaired) electrons. The summed E-state index contributed by atoms with van der Waals surface area (Å²) in [5, 5.41) is 3.45. The third kappa shape index (κ3) is 3.61. The second-order valence-corrected chi connectivity index (χ2v) is 4.86. The van der Waals surface area contributed by atoms with Crippen LogP contribution in [-0.2, 0) is 0 Å². The zero-order valence-corrected chi connectivity index (χ0v) is 12.5. The molecule has 2 nitrogen and oxygen atoms in total. The molecule has 2 heteroatoms. The van der Waals surface area contributed by atoms with Crippen LogP contribution in [0.2, 0.25) is 0 Å². The van der Waals surface area contributed by atoms with Crippen molar-refractivity contribution in [1.29, 1.82) is 0 Å². The first-order chi connectivity index (χ1) is 9.74. The van der Waals surface area contributed by atoms with Crippen molar-refractivity contribution in [3.05, 3.63) is 54.1 Å². The van der Waals surface area contributed by atoms with Crippen molar-refractivity contribution < 1.29 is 4.74 Å². The number of hydrogen-bond acceptors (Lipinski definition) is 2. The zero-order chi connectivity index (χ0) is 14.4. The smallest absolute Gasteiger partial charge is 0.119 e. The van der Waals surface area contributed by atoms with Crippen LogP contribution >= 0.6 is 0 Å². The molecule has 2 rings (SSSR count). The summed E-state index contributed by atoms with van der Waals surface area (Å²) in [6.07, 6.45) is 0. The van der Waals surface area contributed by atoms with Gasteiger partial charge < -0.3 is 10.1 Å². The highest BCUT2D eigenvalue weighted by molar-refractivity contribution is 5.65. The summed E-state index contributed by atoms with van der Waals surface area (Å²) in [5.41, 5.74) is 3.78. The highest BCUT2D eigenvalue weighted by Gasteiger charge is 2.05. The van der Waals surface area contributed by atoms with Gasteiger partial charge in [0.2, 0.25) is 0 Å². The molecule has 2 aromatic carbocycles. The lowest BCUT2D eigenvalue weighted by Crippen LogP contribution is -2.17. The molecule has 0 bridgehead atoms. The Morgan fingerprint density at radius 1 is 1.00 bits per heavy atom. The minimum atomic E-state index is 0.377. The highest BCUT2D eigenvalue weighted by atomic mass is 16.5. The van der Waals surface area contributed by atoms with E-state index in [9.17, 15) is 0 Å². The first-order valence-corrected chi connectivity index (χ1v) is 7.31. The van der Waals surface area contributed by atoms with Crippen molar-refractivity contribution >= 4 is 0 Å². The van der Waals surface area contributed by atoms with Crippen LogP contribution in [0.1, 0.15) is 32.4 Å². The topological polar surface area (TPSA) is 21.3 Å². The van der Waals surface area contributed by atoms with Gasteiger partial charge in [-0.3, -0.25) is 0 Å². The molecule has 106 valence electrons. The van der Waals surface area contributed by atoms with Gasteiger partial charge in [-0.2, -0.15) is 0 Å². The van der Waals surface area contributed by atoms with Crippen LogP contribution in [-0.4, -0.2) is 13.2 Å². The molecule has 0 aliphatic carbocycles. The zero-order valence-electron chi connectivity index (χ0n) is 12.5. The Labute approximate surface area is 121 Å². The van der Waals surface area contributed by atoms with E-state index in [-0.39, 0.29) is 0 Å². The van der Waals surface area contributed by atoms with E-state index < -0.39 is 0 Å². The number of ether oxygens (including phenoxy) is 1. The van der Waals surface area contributed by atoms with Gasteiger partial charge in [0.25, 0.3) is 0 Å². The maximum Gasteiger partial charge on any atom is 0.119 e. The number of nitrogens with one attached hydrogen (secondary N) is 1. The van der Waals surface area contributed by atoms with E-state index in [0.717, 1.165) is 12.3 Å². The number of hydrogen-bond donors (Lipinski definition) is 1. The average Bonchev–Trinajstić information content (AvgIpc) is 2.49. The lowest BCUT2D eigenvalue weighted by atomic mass is 10.00. The van der Waals surface area contributed by atoms with Crippen LogP contribution in [0.3, 0.4) is 0 Å². The Bertz CT molecular complexity index is 533. The van der Waals surface area contributed by atoms with E-state index in [1.807, 2.05) is 19.1 Å². The summed E-state index contributed by atoms with van der Waals surface area (Å²) < 4.78 is 5.48. The van der Waals surface area contributed by atoms with Crippen molar-refractivity contribution in [1.82, 2.24) is 5.32 Å². The normalized spacial score (nSPS) is 12.2. The molecule has 0 fully saturated rings. The first kappa shape index (κ1) is 14.6. The van der Waals surface area contributed by atoms with Gasteiger partial charge in [-0.1, -0.05) is 37.3 Å². The molecule has 0 amide bonds. The molecule has 1 N–H and O–H groups in total. The molecule has 0 saturated carbocycles. The Morgan fingerprint density at radius 3 is 2.40 bits per heavy atom. The summed E-state index contributed by atoms with van der Waals surface area (Å²) in [6, 6.07) is 17.4. The van der Waals surface area contributed by atoms with Crippen LogP contribution in [0.15, 0.2) is 48.5 Å². The third-order valence-electron chi connectivity index (χ3n) is 3.40. The first-order valence-electron chi connectivity index (χ1n) is 7.31. The summed E-state index contributed by atoms with van der Waals surface area (Å²) in [4.78, 5) is 0. The SMILES string of the molecule is CCNC(C)c1cccc(-c2ccc(OCC)cc2)c1. The molecule has 1 unspecified atom stereocenters. The second-order valence-electron chi connectivity index (χ2n) is 4.86. The fourth-order valence-corrected chi connectivity index (χ4v) is 2.32. The van der Waals surface area contributed by atoms with Crippen LogP contribution in [0.5, 0.6) is 5.75 Å². The lowest BCUT2D eigenvalue weighted by molar-refractivity contribution is 0.340. The molecular weight excluding hydrogens is 246 g/mol. The van der Waals surface area contributed by atoms with E-state index >= 15 is 0 Å². The highest BCUT2D eigenvalue weighted by Crippen LogP contribution is 2.25. The van der Waals surface area contributed by atoms with E-state index in [1.165, 1.54) is 16.7 Å². The fraction of sp³-hybridized carbons (Fsp3) is 0.333. The van der Waals surface area contributed by atoms with Gasteiger partial charge in [0.1, 0.15) is 5.75 Å². The standard InChI is InChI=1S/C18H23NO/c1-4-19-14(3)16-7-6-8-17(13-16)15-9-11-18(12-10-15)20-5-2/h6-14,19H,4-5H2,1-3H3. The fourth-order valence-electron chi connectivity index (χ4n) is 2.32. The average molecular weight is 269 g/mol. The van der Waals surface area contributed by atoms with Gasteiger partial charge in [0.05, 0.1) is 6.61 Å². The molecule has 0 aromatic heterocycles. The summed E-state index contributed by atoms with van der Waals surface area (Å²) >= 11 is 0. The Hall–Kier alpha value is -1.80. The Kier molecular flexibility index (Phi) is 5.19. The van der Waals surface area contributed by atoms with Crippen LogP contribution in [0.4, 0.5) is 0 Å². The minimum Gasteiger partial charge on any atom is -0.494 e. The predicted molar refractivity (Wildman–Crippen MR) is 85.1 cm³/mol. The third-order valence-corrected chi connectivity index (χ3v) is 3.40. The van der Waals surface area contributed by atoms with Crippen LogP contribution in [0.25, 0.3) is 11.1 Å². The quantitative estimate of drug-likeness (QED) is 0.838. The lowest BCUT2D eigenvalue weighted by Gasteiger charge is -2.14. The van der Waals surface area contributed by atoms with Gasteiger partial charge in [0, 0.05) is 6.04 Å². The van der Waals surface area contributed by atoms with Crippen molar-refractivity contribution in [2.24, 2.45) is 0 Å². The van der Waals surface area contributed by atoms with Crippen LogP contribution < -0.4 is 10.1 Å². The summed E-state index contributed by atoms with van der Waals surface area (Å²) in [5.74, 6) is 0.924. The van der Waals surface area contributed by atoms with Gasteiger partial charge in [0.15, 0.2) is 0 Å². The summed E-state index contributed by atoms with van der Waals surface area (Å²) in [7, 11) is 0. The predicted octanol–water partition coefficient (Wildman–Crippen LogP) is 4.42. The Balaban J connectivity index is 2.21. The molecule has 0 heterocycles. The largest absolute Gasteiger partial charge is 0.494 e. The second kappa shape index (κ2) is 7.11. The monoisotopic (exact) mass is 269 g/mol. The minimum absolute atomic E-state index is 0.377. The molecule has 20 heavy (non-hydrogen) atoms. The molecule has 0 spiro atoms. The number of rotatable bonds is 6. The van der Waals surface area contributed by atoms with E-state index in [0.29, 0.717) is 12.6 Å². The maximum absolute atomic E-state index is 5.48. The molecule has 0 aliphatic heterocycles. The van der Waals surface area contributed by atoms with Gasteiger partial charge >= 0.3 is 0 Å². The van der Waals surface area contributed by atoms with E-state index in [2.05, 4.69) is 55.6 Å². The van der Waals surface area contributed by atoms with Crippen molar-refractivity contribution in [2.45, 2.75) is 26.8 Å². The molecule has 1 atom stereocenters. The van der Waals surface area contributed by atoms with Crippen molar-refractivity contribution in [2.75, 3.05) is 13.2 Å². The van der Waals surface area contributed by atoms with Gasteiger partial charge in [-0.05, 0) is 55.3 Å². The number of benzene rings is 2. The molecular formula is C18H23NO. The molecule has 0 aliphatic rings. The van der Waals surface area contributed by atoms with Crippen molar-refractivity contribution in [3.8, 4) is 16.9 Å².